The first kappa shape index (κ1) is 36.2. The lowest BCUT2D eigenvalue weighted by atomic mass is 10.0. The van der Waals surface area contributed by atoms with E-state index in [1.54, 1.807) is 0 Å². The molecule has 40 heavy (non-hydrogen) atoms. The second-order valence-electron chi connectivity index (χ2n) is 11.7. The molecule has 0 fully saturated rings. The van der Waals surface area contributed by atoms with Crippen LogP contribution < -0.4 is 0 Å². The van der Waals surface area contributed by atoms with Crippen LogP contribution in [0.5, 0.6) is 0 Å². The first-order valence-corrected chi connectivity index (χ1v) is 17.0. The summed E-state index contributed by atoms with van der Waals surface area (Å²) in [5, 5.41) is 0. The fraction of sp³-hybridized carbons (Fsp3) is 0.778. The van der Waals surface area contributed by atoms with Crippen molar-refractivity contribution in [3.05, 3.63) is 35.9 Å². The van der Waals surface area contributed by atoms with Crippen molar-refractivity contribution in [2.75, 3.05) is 6.61 Å². The topological polar surface area (TPSA) is 52.6 Å². The third-order valence-electron chi connectivity index (χ3n) is 7.80. The molecule has 0 spiro atoms. The predicted molar refractivity (Wildman–Crippen MR) is 169 cm³/mol. The lowest BCUT2D eigenvalue weighted by Gasteiger charge is -2.17. The second-order valence-corrected chi connectivity index (χ2v) is 11.7. The fourth-order valence-corrected chi connectivity index (χ4v) is 5.24. The molecule has 4 heteroatoms. The van der Waals surface area contributed by atoms with Crippen LogP contribution in [0.3, 0.4) is 0 Å². The number of hydrogen-bond acceptors (Lipinski definition) is 4. The van der Waals surface area contributed by atoms with Crippen molar-refractivity contribution < 1.29 is 19.1 Å². The maximum absolute atomic E-state index is 12.6. The van der Waals surface area contributed by atoms with Crippen LogP contribution in [0, 0.1) is 0 Å². The van der Waals surface area contributed by atoms with Crippen molar-refractivity contribution in [1.29, 1.82) is 0 Å². The molecule has 1 atom stereocenters. The van der Waals surface area contributed by atoms with Crippen LogP contribution in [-0.4, -0.2) is 24.6 Å². The van der Waals surface area contributed by atoms with Crippen LogP contribution in [0.25, 0.3) is 0 Å². The zero-order valence-corrected chi connectivity index (χ0v) is 26.3. The molecule has 0 bridgehead atoms. The van der Waals surface area contributed by atoms with E-state index in [9.17, 15) is 9.59 Å². The first-order valence-electron chi connectivity index (χ1n) is 17.0. The lowest BCUT2D eigenvalue weighted by molar-refractivity contribution is -0.155. The molecule has 0 amide bonds. The Morgan fingerprint density at radius 2 is 1.07 bits per heavy atom. The Balaban J connectivity index is 2.27. The first-order chi connectivity index (χ1) is 19.7. The number of carbonyl (C=O) groups is 2. The summed E-state index contributed by atoms with van der Waals surface area (Å²) in [6, 6.07) is 10.0. The molecule has 230 valence electrons. The molecule has 0 N–H and O–H groups in total. The molecule has 0 heterocycles. The van der Waals surface area contributed by atoms with Gasteiger partial charge in [0.25, 0.3) is 0 Å². The molecule has 1 aromatic rings. The van der Waals surface area contributed by atoms with Gasteiger partial charge in [-0.15, -0.1) is 0 Å². The van der Waals surface area contributed by atoms with Gasteiger partial charge in [0.2, 0.25) is 0 Å². The van der Waals surface area contributed by atoms with Crippen molar-refractivity contribution in [2.24, 2.45) is 0 Å². The van der Waals surface area contributed by atoms with Gasteiger partial charge in [0.15, 0.2) is 0 Å². The standard InChI is InChI=1S/C36H62O4/c1-3-5-7-9-11-13-14-16-18-20-25-29-35(37)40-34(28-24-19-17-15-12-10-8-6-4-2)32-36(38)39-31-30-33-26-22-21-23-27-33/h21-23,26-27,34H,3-20,24-25,28-32H2,1-2H3. The van der Waals surface area contributed by atoms with Crippen molar-refractivity contribution in [3.63, 3.8) is 0 Å². The Hall–Kier alpha value is -1.84. The van der Waals surface area contributed by atoms with Gasteiger partial charge in [-0.1, -0.05) is 160 Å². The zero-order valence-electron chi connectivity index (χ0n) is 26.3. The summed E-state index contributed by atoms with van der Waals surface area (Å²) < 4.78 is 11.3. The van der Waals surface area contributed by atoms with E-state index in [2.05, 4.69) is 13.8 Å². The minimum Gasteiger partial charge on any atom is -0.465 e. The summed E-state index contributed by atoms with van der Waals surface area (Å²) >= 11 is 0. The van der Waals surface area contributed by atoms with E-state index in [1.165, 1.54) is 103 Å². The Morgan fingerprint density at radius 3 is 1.60 bits per heavy atom. The van der Waals surface area contributed by atoms with E-state index in [1.807, 2.05) is 30.3 Å². The van der Waals surface area contributed by atoms with Crippen molar-refractivity contribution in [3.8, 4) is 0 Å². The van der Waals surface area contributed by atoms with Gasteiger partial charge in [0.1, 0.15) is 6.10 Å². The SMILES string of the molecule is CCCCCCCCCCCCCC(=O)OC(CCCCCCCCCCC)CC(=O)OCCc1ccccc1. The van der Waals surface area contributed by atoms with Crippen molar-refractivity contribution in [2.45, 2.75) is 174 Å². The molecule has 1 unspecified atom stereocenters. The average Bonchev–Trinajstić information content (AvgIpc) is 2.95. The minimum atomic E-state index is -0.367. The maximum Gasteiger partial charge on any atom is 0.309 e. The highest BCUT2D eigenvalue weighted by Crippen LogP contribution is 2.17. The van der Waals surface area contributed by atoms with Crippen LogP contribution in [-0.2, 0) is 25.5 Å². The largest absolute Gasteiger partial charge is 0.465 e. The van der Waals surface area contributed by atoms with Crippen LogP contribution in [0.15, 0.2) is 30.3 Å². The molecule has 0 aliphatic rings. The highest BCUT2D eigenvalue weighted by atomic mass is 16.6. The highest BCUT2D eigenvalue weighted by molar-refractivity contribution is 5.72. The van der Waals surface area contributed by atoms with Gasteiger partial charge in [-0.25, -0.2) is 0 Å². The zero-order chi connectivity index (χ0) is 28.9. The van der Waals surface area contributed by atoms with E-state index in [0.29, 0.717) is 19.4 Å². The summed E-state index contributed by atoms with van der Waals surface area (Å²) in [7, 11) is 0. The molecule has 0 aromatic heterocycles. The van der Waals surface area contributed by atoms with E-state index >= 15 is 0 Å². The van der Waals surface area contributed by atoms with Crippen LogP contribution >= 0.6 is 0 Å². The van der Waals surface area contributed by atoms with E-state index in [0.717, 1.165) is 37.7 Å². The Morgan fingerprint density at radius 1 is 0.600 bits per heavy atom. The van der Waals surface area contributed by atoms with Crippen LogP contribution in [0.1, 0.15) is 167 Å². The molecule has 0 radical (unpaired) electrons. The number of benzene rings is 1. The summed E-state index contributed by atoms with van der Waals surface area (Å²) in [4.78, 5) is 25.1. The lowest BCUT2D eigenvalue weighted by Crippen LogP contribution is -2.23. The Labute approximate surface area is 247 Å². The van der Waals surface area contributed by atoms with Crippen LogP contribution in [0.2, 0.25) is 0 Å². The molecule has 0 aliphatic carbocycles. The molecular weight excluding hydrogens is 496 g/mol. The van der Waals surface area contributed by atoms with Crippen LogP contribution in [0.4, 0.5) is 0 Å². The summed E-state index contributed by atoms with van der Waals surface area (Å²) in [5.74, 6) is -0.423. The van der Waals surface area contributed by atoms with Gasteiger partial charge in [0, 0.05) is 12.8 Å². The third-order valence-corrected chi connectivity index (χ3v) is 7.80. The maximum atomic E-state index is 12.6. The summed E-state index contributed by atoms with van der Waals surface area (Å²) in [5.41, 5.74) is 1.15. The monoisotopic (exact) mass is 558 g/mol. The number of ether oxygens (including phenoxy) is 2. The Kier molecular flexibility index (Phi) is 24.7. The second kappa shape index (κ2) is 27.3. The van der Waals surface area contributed by atoms with Crippen molar-refractivity contribution in [1.82, 2.24) is 0 Å². The predicted octanol–water partition coefficient (Wildman–Crippen LogP) is 10.7. The number of carbonyl (C=O) groups excluding carboxylic acids is 2. The number of unbranched alkanes of at least 4 members (excludes halogenated alkanes) is 18. The van der Waals surface area contributed by atoms with Gasteiger partial charge in [0.05, 0.1) is 13.0 Å². The summed E-state index contributed by atoms with van der Waals surface area (Å²) in [6.45, 7) is 4.87. The molecular formula is C36H62O4. The minimum absolute atomic E-state index is 0.158. The number of hydrogen-bond donors (Lipinski definition) is 0. The van der Waals surface area contributed by atoms with E-state index < -0.39 is 0 Å². The normalized spacial score (nSPS) is 11.8. The smallest absolute Gasteiger partial charge is 0.309 e. The molecule has 0 saturated carbocycles. The number of esters is 2. The quantitative estimate of drug-likeness (QED) is 0.0758. The highest BCUT2D eigenvalue weighted by Gasteiger charge is 2.19. The molecule has 4 nitrogen and oxygen atoms in total. The van der Waals surface area contributed by atoms with Gasteiger partial charge >= 0.3 is 11.9 Å². The molecule has 1 rings (SSSR count). The number of rotatable bonds is 28. The fourth-order valence-electron chi connectivity index (χ4n) is 5.24. The van der Waals surface area contributed by atoms with Gasteiger partial charge in [-0.3, -0.25) is 9.59 Å². The third kappa shape index (κ3) is 22.9. The summed E-state index contributed by atoms with van der Waals surface area (Å²) in [6.07, 6.45) is 26.8. The molecule has 0 saturated heterocycles. The van der Waals surface area contributed by atoms with Gasteiger partial charge in [-0.05, 0) is 24.8 Å². The Bertz CT molecular complexity index is 702. The van der Waals surface area contributed by atoms with E-state index in [4.69, 9.17) is 9.47 Å². The molecule has 0 aliphatic heterocycles. The van der Waals surface area contributed by atoms with Gasteiger partial charge in [-0.2, -0.15) is 0 Å². The van der Waals surface area contributed by atoms with Gasteiger partial charge < -0.3 is 9.47 Å². The average molecular weight is 559 g/mol. The molecule has 1 aromatic carbocycles. The van der Waals surface area contributed by atoms with Crippen molar-refractivity contribution >= 4 is 11.9 Å². The van der Waals surface area contributed by atoms with E-state index in [-0.39, 0.29) is 24.5 Å².